The van der Waals surface area contributed by atoms with Crippen molar-refractivity contribution in [3.8, 4) is 5.75 Å². The summed E-state index contributed by atoms with van der Waals surface area (Å²) in [7, 11) is 0. The molecule has 174 valence electrons. The number of nitrogen functional groups attached to an aromatic ring is 1. The van der Waals surface area contributed by atoms with Gasteiger partial charge in [0.05, 0.1) is 11.7 Å². The first-order chi connectivity index (χ1) is 15.7. The van der Waals surface area contributed by atoms with Crippen LogP contribution in [-0.4, -0.2) is 53.6 Å². The molecule has 1 fully saturated rings. The fraction of sp³-hybridized carbons (Fsp3) is 0.286. The average molecular weight is 479 g/mol. The SMILES string of the molecule is Nc1nc(N2CC[C@@H](O)C2)c(C2=CNCN=C2)cc1C(=O)Nc1ccc(OC(F)(F)Cl)cc1. The van der Waals surface area contributed by atoms with Crippen LogP contribution < -0.4 is 26.0 Å². The van der Waals surface area contributed by atoms with Gasteiger partial charge < -0.3 is 31.1 Å². The van der Waals surface area contributed by atoms with Crippen molar-refractivity contribution in [1.29, 1.82) is 0 Å². The van der Waals surface area contributed by atoms with Crippen molar-refractivity contribution in [2.24, 2.45) is 4.99 Å². The number of hydrogen-bond acceptors (Lipinski definition) is 8. The number of aliphatic hydroxyl groups is 1. The summed E-state index contributed by atoms with van der Waals surface area (Å²) in [5.74, 6) is -0.141. The smallest absolute Gasteiger partial charge is 0.420 e. The number of hydrogen-bond donors (Lipinski definition) is 4. The van der Waals surface area contributed by atoms with Gasteiger partial charge in [-0.1, -0.05) is 0 Å². The minimum Gasteiger partial charge on any atom is -0.420 e. The Labute approximate surface area is 192 Å². The van der Waals surface area contributed by atoms with Crippen molar-refractivity contribution in [3.05, 3.63) is 47.7 Å². The standard InChI is InChI=1S/C21H21ClF2N6O3/c22-21(23,24)33-15-3-1-13(2-4-15)28-20(32)17-7-16(12-8-26-11-27-9-12)19(29-18(17)25)30-6-5-14(31)10-30/h1-4,7-9,14,26,31H,5-6,10-11H2,(H2,25,29)(H,28,32)/t14-/m1/s1. The lowest BCUT2D eigenvalue weighted by molar-refractivity contribution is -0.0964. The normalized spacial score (nSPS) is 18.0. The summed E-state index contributed by atoms with van der Waals surface area (Å²) in [6.07, 6.45) is 3.57. The van der Waals surface area contributed by atoms with Gasteiger partial charge in [0, 0.05) is 53.9 Å². The fourth-order valence-corrected chi connectivity index (χ4v) is 3.65. The van der Waals surface area contributed by atoms with Crippen LogP contribution >= 0.6 is 11.6 Å². The Morgan fingerprint density at radius 3 is 2.73 bits per heavy atom. The molecule has 0 aliphatic carbocycles. The van der Waals surface area contributed by atoms with E-state index in [0.29, 0.717) is 48.8 Å². The Balaban J connectivity index is 1.61. The molecule has 0 unspecified atom stereocenters. The first-order valence-electron chi connectivity index (χ1n) is 10.0. The molecule has 2 aliphatic rings. The number of ether oxygens (including phenoxy) is 1. The Morgan fingerprint density at radius 1 is 1.36 bits per heavy atom. The number of β-amino-alcohol motifs (C(OH)–C–C–N with tert-alkyl or cyclic N) is 1. The highest BCUT2D eigenvalue weighted by molar-refractivity contribution is 6.20. The van der Waals surface area contributed by atoms with Gasteiger partial charge in [-0.3, -0.25) is 9.79 Å². The van der Waals surface area contributed by atoms with E-state index in [9.17, 15) is 18.7 Å². The van der Waals surface area contributed by atoms with Gasteiger partial charge in [-0.15, -0.1) is 8.78 Å². The van der Waals surface area contributed by atoms with Gasteiger partial charge in [0.2, 0.25) is 0 Å². The predicted octanol–water partition coefficient (Wildman–Crippen LogP) is 2.63. The van der Waals surface area contributed by atoms with Crippen LogP contribution in [0.1, 0.15) is 22.3 Å². The van der Waals surface area contributed by atoms with Gasteiger partial charge >= 0.3 is 5.57 Å². The van der Waals surface area contributed by atoms with Crippen LogP contribution in [0.15, 0.2) is 41.5 Å². The molecule has 1 aromatic heterocycles. The van der Waals surface area contributed by atoms with Crippen molar-refractivity contribution >= 4 is 46.6 Å². The molecule has 2 aromatic rings. The number of pyridine rings is 1. The van der Waals surface area contributed by atoms with E-state index < -0.39 is 17.6 Å². The molecular weight excluding hydrogens is 458 g/mol. The number of halogens is 3. The first-order valence-corrected chi connectivity index (χ1v) is 10.4. The van der Waals surface area contributed by atoms with Crippen molar-refractivity contribution in [2.75, 3.05) is 35.7 Å². The van der Waals surface area contributed by atoms with Crippen molar-refractivity contribution in [1.82, 2.24) is 10.3 Å². The van der Waals surface area contributed by atoms with Gasteiger partial charge in [-0.2, -0.15) is 0 Å². The Hall–Kier alpha value is -3.44. The van der Waals surface area contributed by atoms with Crippen LogP contribution in [-0.2, 0) is 0 Å². The molecule has 1 amide bonds. The molecule has 5 N–H and O–H groups in total. The number of alkyl halides is 3. The zero-order valence-corrected chi connectivity index (χ0v) is 18.0. The maximum absolute atomic E-state index is 12.9. The number of aromatic nitrogens is 1. The number of benzene rings is 1. The van der Waals surface area contributed by atoms with E-state index in [1.54, 1.807) is 18.5 Å². The third-order valence-electron chi connectivity index (χ3n) is 5.07. The number of anilines is 3. The second-order valence-corrected chi connectivity index (χ2v) is 7.92. The summed E-state index contributed by atoms with van der Waals surface area (Å²) in [6, 6.07) is 6.89. The topological polar surface area (TPSA) is 125 Å². The summed E-state index contributed by atoms with van der Waals surface area (Å²) in [5, 5.41) is 15.6. The molecular formula is C21H21ClF2N6O3. The molecule has 9 nitrogen and oxygen atoms in total. The Bertz CT molecular complexity index is 1100. The highest BCUT2D eigenvalue weighted by Gasteiger charge is 2.28. The monoisotopic (exact) mass is 478 g/mol. The number of aliphatic hydroxyl groups excluding tert-OH is 1. The van der Waals surface area contributed by atoms with Crippen LogP contribution in [0.5, 0.6) is 5.75 Å². The van der Waals surface area contributed by atoms with Gasteiger partial charge in [0.15, 0.2) is 0 Å². The molecule has 4 rings (SSSR count). The third kappa shape index (κ3) is 5.49. The second-order valence-electron chi connectivity index (χ2n) is 7.48. The van der Waals surface area contributed by atoms with E-state index in [1.165, 1.54) is 24.3 Å². The minimum absolute atomic E-state index is 0.00989. The van der Waals surface area contributed by atoms with Gasteiger partial charge in [0.1, 0.15) is 24.1 Å². The maximum Gasteiger partial charge on any atom is 0.487 e. The Kier molecular flexibility index (Phi) is 6.34. The molecule has 12 heteroatoms. The largest absolute Gasteiger partial charge is 0.487 e. The summed E-state index contributed by atoms with van der Waals surface area (Å²) in [4.78, 5) is 23.5. The van der Waals surface area contributed by atoms with E-state index in [4.69, 9.17) is 17.3 Å². The number of nitrogens with zero attached hydrogens (tertiary/aromatic N) is 3. The number of allylic oxidation sites excluding steroid dienone is 1. The van der Waals surface area contributed by atoms with Crippen LogP contribution in [0.4, 0.5) is 26.1 Å². The molecule has 1 atom stereocenters. The molecule has 1 saturated heterocycles. The van der Waals surface area contributed by atoms with Gasteiger partial charge in [-0.25, -0.2) is 4.98 Å². The highest BCUT2D eigenvalue weighted by atomic mass is 35.5. The summed E-state index contributed by atoms with van der Waals surface area (Å²) < 4.78 is 29.8. The molecule has 0 saturated carbocycles. The second kappa shape index (κ2) is 9.20. The maximum atomic E-state index is 12.9. The van der Waals surface area contributed by atoms with Crippen LogP contribution in [0.3, 0.4) is 0 Å². The van der Waals surface area contributed by atoms with Crippen LogP contribution in [0.2, 0.25) is 0 Å². The quantitative estimate of drug-likeness (QED) is 0.470. The van der Waals surface area contributed by atoms with E-state index >= 15 is 0 Å². The van der Waals surface area contributed by atoms with Crippen LogP contribution in [0, 0.1) is 0 Å². The van der Waals surface area contributed by atoms with E-state index in [1.807, 2.05) is 4.90 Å². The zero-order chi connectivity index (χ0) is 23.6. The predicted molar refractivity (Wildman–Crippen MR) is 122 cm³/mol. The molecule has 1 aromatic carbocycles. The lowest BCUT2D eigenvalue weighted by Gasteiger charge is -2.23. The van der Waals surface area contributed by atoms with E-state index in [0.717, 1.165) is 0 Å². The number of rotatable bonds is 6. The van der Waals surface area contributed by atoms with E-state index in [2.05, 4.69) is 25.3 Å². The number of carbonyl (C=O) groups excluding carboxylic acids is 1. The number of nitrogens with one attached hydrogen (secondary N) is 2. The average Bonchev–Trinajstić information content (AvgIpc) is 3.20. The zero-order valence-electron chi connectivity index (χ0n) is 17.3. The van der Waals surface area contributed by atoms with Gasteiger partial charge in [0.25, 0.3) is 5.91 Å². The van der Waals surface area contributed by atoms with E-state index in [-0.39, 0.29) is 17.1 Å². The summed E-state index contributed by atoms with van der Waals surface area (Å²) in [6.45, 7) is 1.44. The number of amides is 1. The lowest BCUT2D eigenvalue weighted by atomic mass is 10.0. The van der Waals surface area contributed by atoms with Crippen LogP contribution in [0.25, 0.3) is 5.57 Å². The number of nitrogens with two attached hydrogens (primary N) is 1. The highest BCUT2D eigenvalue weighted by Crippen LogP contribution is 2.32. The number of aliphatic imine (C=N–C) groups is 1. The third-order valence-corrected chi connectivity index (χ3v) is 5.14. The van der Waals surface area contributed by atoms with Crippen molar-refractivity contribution < 1.29 is 23.4 Å². The molecule has 33 heavy (non-hydrogen) atoms. The molecule has 0 bridgehead atoms. The number of carbonyl (C=O) groups is 1. The fourth-order valence-electron chi connectivity index (χ4n) is 3.56. The van der Waals surface area contributed by atoms with Crippen molar-refractivity contribution in [2.45, 2.75) is 18.1 Å². The van der Waals surface area contributed by atoms with Crippen molar-refractivity contribution in [3.63, 3.8) is 0 Å². The minimum atomic E-state index is -3.83. The summed E-state index contributed by atoms with van der Waals surface area (Å²) in [5.41, 5.74) is 4.09. The lowest BCUT2D eigenvalue weighted by Crippen LogP contribution is -2.26. The molecule has 3 heterocycles. The first kappa shape index (κ1) is 22.7. The molecule has 2 aliphatic heterocycles. The molecule has 0 radical (unpaired) electrons. The Morgan fingerprint density at radius 2 is 2.12 bits per heavy atom. The van der Waals surface area contributed by atoms with Gasteiger partial charge in [-0.05, 0) is 36.8 Å². The molecule has 0 spiro atoms. The summed E-state index contributed by atoms with van der Waals surface area (Å²) >= 11 is 4.75.